The zero-order valence-electron chi connectivity index (χ0n) is 20.1. The number of methoxy groups -OCH3 is 1. The molecular formula is C25H25F3N4O4. The highest BCUT2D eigenvalue weighted by molar-refractivity contribution is 5.97. The summed E-state index contributed by atoms with van der Waals surface area (Å²) in [5.41, 5.74) is 1.15. The van der Waals surface area contributed by atoms with Crippen molar-refractivity contribution in [1.82, 2.24) is 19.7 Å². The van der Waals surface area contributed by atoms with Crippen molar-refractivity contribution < 1.29 is 32.5 Å². The lowest BCUT2D eigenvalue weighted by Gasteiger charge is -2.39. The Morgan fingerprint density at radius 3 is 2.50 bits per heavy atom. The van der Waals surface area contributed by atoms with Crippen LogP contribution in [0.1, 0.15) is 36.8 Å². The van der Waals surface area contributed by atoms with Crippen LogP contribution in [-0.2, 0) is 9.53 Å². The summed E-state index contributed by atoms with van der Waals surface area (Å²) in [6.07, 6.45) is 1.35. The number of hydrogen-bond acceptors (Lipinski definition) is 6. The Labute approximate surface area is 205 Å². The van der Waals surface area contributed by atoms with Crippen molar-refractivity contribution in [1.29, 1.82) is 0 Å². The standard InChI is InChI=1S/C25H25F3N4O4/c1-13-11-31(24(14(2)33)17-9-18(26)23(28)19(27)10-17)25(34)22(36-13)8-16-5-6-20(21(7-16)35-4)32-12-29-15(3)30-32/h5-10,12-14,24,33H,11H2,1-4H3/b22-8-/t13-,14+,24-/m0/s1. The van der Waals surface area contributed by atoms with Gasteiger partial charge in [0, 0.05) is 0 Å². The van der Waals surface area contributed by atoms with E-state index >= 15 is 0 Å². The van der Waals surface area contributed by atoms with Crippen LogP contribution in [0.4, 0.5) is 13.2 Å². The lowest BCUT2D eigenvalue weighted by atomic mass is 9.98. The predicted molar refractivity (Wildman–Crippen MR) is 124 cm³/mol. The van der Waals surface area contributed by atoms with E-state index in [2.05, 4.69) is 10.1 Å². The highest BCUT2D eigenvalue weighted by atomic mass is 19.2. The first-order valence-electron chi connectivity index (χ1n) is 11.2. The number of ether oxygens (including phenoxy) is 2. The fourth-order valence-corrected chi connectivity index (χ4v) is 4.19. The number of halogens is 3. The molecule has 1 aromatic heterocycles. The summed E-state index contributed by atoms with van der Waals surface area (Å²) in [7, 11) is 1.50. The van der Waals surface area contributed by atoms with E-state index in [4.69, 9.17) is 9.47 Å². The largest absolute Gasteiger partial charge is 0.494 e. The first-order chi connectivity index (χ1) is 17.1. The molecule has 0 bridgehead atoms. The van der Waals surface area contributed by atoms with Gasteiger partial charge in [-0.2, -0.15) is 5.10 Å². The van der Waals surface area contributed by atoms with Gasteiger partial charge >= 0.3 is 0 Å². The quantitative estimate of drug-likeness (QED) is 0.408. The molecule has 2 heterocycles. The lowest BCUT2D eigenvalue weighted by molar-refractivity contribution is -0.145. The number of carbonyl (C=O) groups excluding carboxylic acids is 1. The summed E-state index contributed by atoms with van der Waals surface area (Å²) < 4.78 is 54.2. The molecule has 0 radical (unpaired) electrons. The second-order valence-electron chi connectivity index (χ2n) is 8.55. The smallest absolute Gasteiger partial charge is 0.289 e. The molecule has 4 rings (SSSR count). The van der Waals surface area contributed by atoms with Gasteiger partial charge in [-0.25, -0.2) is 22.8 Å². The minimum Gasteiger partial charge on any atom is -0.494 e. The number of nitrogens with zero attached hydrogens (tertiary/aromatic N) is 4. The number of aliphatic hydroxyl groups is 1. The van der Waals surface area contributed by atoms with Gasteiger partial charge in [-0.15, -0.1) is 0 Å². The van der Waals surface area contributed by atoms with Crippen molar-refractivity contribution in [3.8, 4) is 11.4 Å². The van der Waals surface area contributed by atoms with Crippen molar-refractivity contribution in [3.63, 3.8) is 0 Å². The van der Waals surface area contributed by atoms with E-state index in [0.717, 1.165) is 12.1 Å². The Balaban J connectivity index is 1.69. The van der Waals surface area contributed by atoms with E-state index in [1.165, 1.54) is 25.0 Å². The zero-order chi connectivity index (χ0) is 26.1. The Kier molecular flexibility index (Phi) is 7.02. The molecule has 1 aliphatic rings. The Morgan fingerprint density at radius 2 is 1.92 bits per heavy atom. The summed E-state index contributed by atoms with van der Waals surface area (Å²) >= 11 is 0. The SMILES string of the molecule is COc1cc(/C=C2\O[C@@H](C)CN([C@H](c3cc(F)c(F)c(F)c3)[C@@H](C)O)C2=O)ccc1-n1cnc(C)n1. The van der Waals surface area contributed by atoms with E-state index in [1.807, 2.05) is 0 Å². The van der Waals surface area contributed by atoms with Crippen molar-refractivity contribution in [2.24, 2.45) is 0 Å². The highest BCUT2D eigenvalue weighted by Crippen LogP contribution is 2.33. The van der Waals surface area contributed by atoms with Crippen LogP contribution in [0.3, 0.4) is 0 Å². The van der Waals surface area contributed by atoms with Gasteiger partial charge in [0.05, 0.1) is 25.8 Å². The normalized spacial score (nSPS) is 18.8. The number of hydrogen-bond donors (Lipinski definition) is 1. The molecular weight excluding hydrogens is 477 g/mol. The highest BCUT2D eigenvalue weighted by Gasteiger charge is 2.37. The number of morpholine rings is 1. The molecule has 11 heteroatoms. The topological polar surface area (TPSA) is 89.7 Å². The Bertz CT molecular complexity index is 1300. The predicted octanol–water partition coefficient (Wildman–Crippen LogP) is 3.71. The molecule has 190 valence electrons. The van der Waals surface area contributed by atoms with Gasteiger partial charge in [-0.1, -0.05) is 6.07 Å². The third-order valence-corrected chi connectivity index (χ3v) is 5.75. The number of aliphatic hydroxyl groups excluding tert-OH is 1. The molecule has 0 aliphatic carbocycles. The van der Waals surface area contributed by atoms with Crippen molar-refractivity contribution >= 4 is 12.0 Å². The molecule has 1 fully saturated rings. The van der Waals surface area contributed by atoms with E-state index in [-0.39, 0.29) is 17.9 Å². The fraction of sp³-hybridized carbons (Fsp3) is 0.320. The molecule has 1 aliphatic heterocycles. The number of rotatable bonds is 6. The van der Waals surface area contributed by atoms with Gasteiger partial charge in [-0.05, 0) is 62.2 Å². The molecule has 2 aromatic carbocycles. The number of benzene rings is 2. The Hall–Kier alpha value is -3.86. The molecule has 3 atom stereocenters. The minimum absolute atomic E-state index is 0.0335. The average Bonchev–Trinajstić information content (AvgIpc) is 3.26. The van der Waals surface area contributed by atoms with E-state index in [0.29, 0.717) is 22.8 Å². The maximum atomic E-state index is 13.9. The Morgan fingerprint density at radius 1 is 1.22 bits per heavy atom. The monoisotopic (exact) mass is 502 g/mol. The molecule has 1 N–H and O–H groups in total. The van der Waals surface area contributed by atoms with Gasteiger partial charge in [0.25, 0.3) is 5.91 Å². The second kappa shape index (κ2) is 10.0. The molecule has 1 saturated heterocycles. The van der Waals surface area contributed by atoms with E-state index < -0.39 is 41.6 Å². The van der Waals surface area contributed by atoms with Crippen LogP contribution in [0.2, 0.25) is 0 Å². The number of aromatic nitrogens is 3. The van der Waals surface area contributed by atoms with Crippen molar-refractivity contribution in [2.75, 3.05) is 13.7 Å². The van der Waals surface area contributed by atoms with Gasteiger partial charge in [-0.3, -0.25) is 4.79 Å². The van der Waals surface area contributed by atoms with E-state index in [1.54, 1.807) is 43.1 Å². The van der Waals surface area contributed by atoms with E-state index in [9.17, 15) is 23.1 Å². The zero-order valence-corrected chi connectivity index (χ0v) is 20.1. The summed E-state index contributed by atoms with van der Waals surface area (Å²) in [6.45, 7) is 4.90. The lowest BCUT2D eigenvalue weighted by Crippen LogP contribution is -2.48. The van der Waals surface area contributed by atoms with Crippen LogP contribution >= 0.6 is 0 Å². The van der Waals surface area contributed by atoms with Crippen LogP contribution in [0.15, 0.2) is 42.4 Å². The number of aryl methyl sites for hydroxylation is 1. The maximum Gasteiger partial charge on any atom is 0.289 e. The van der Waals surface area contributed by atoms with Crippen molar-refractivity contribution in [2.45, 2.75) is 39.0 Å². The van der Waals surface area contributed by atoms with Gasteiger partial charge < -0.3 is 19.5 Å². The molecule has 8 nitrogen and oxygen atoms in total. The van der Waals surface area contributed by atoms with Gasteiger partial charge in [0.2, 0.25) is 0 Å². The third kappa shape index (κ3) is 4.92. The maximum absolute atomic E-state index is 13.9. The summed E-state index contributed by atoms with van der Waals surface area (Å²) in [5.74, 6) is -4.00. The van der Waals surface area contributed by atoms with Crippen molar-refractivity contribution in [3.05, 3.63) is 76.8 Å². The minimum atomic E-state index is -1.62. The molecule has 36 heavy (non-hydrogen) atoms. The molecule has 0 unspecified atom stereocenters. The molecule has 0 saturated carbocycles. The van der Waals surface area contributed by atoms with Crippen LogP contribution in [0.25, 0.3) is 11.8 Å². The van der Waals surface area contributed by atoms with Crippen LogP contribution in [0.5, 0.6) is 5.75 Å². The summed E-state index contributed by atoms with van der Waals surface area (Å²) in [4.78, 5) is 18.8. The first kappa shape index (κ1) is 25.2. The summed E-state index contributed by atoms with van der Waals surface area (Å²) in [5, 5.41) is 14.7. The van der Waals surface area contributed by atoms with Crippen LogP contribution in [-0.4, -0.2) is 56.5 Å². The molecule has 3 aromatic rings. The molecule has 1 amide bonds. The van der Waals surface area contributed by atoms with Crippen LogP contribution < -0.4 is 4.74 Å². The number of amides is 1. The fourth-order valence-electron chi connectivity index (χ4n) is 4.19. The average molecular weight is 502 g/mol. The van der Waals surface area contributed by atoms with Gasteiger partial charge in [0.15, 0.2) is 23.2 Å². The first-order valence-corrected chi connectivity index (χ1v) is 11.2. The third-order valence-electron chi connectivity index (χ3n) is 5.75. The van der Waals surface area contributed by atoms with Gasteiger partial charge in [0.1, 0.15) is 29.7 Å². The molecule has 0 spiro atoms. The summed E-state index contributed by atoms with van der Waals surface area (Å²) in [6, 6.07) is 5.60. The van der Waals surface area contributed by atoms with Crippen LogP contribution in [0, 0.1) is 24.4 Å². The number of carbonyl (C=O) groups is 1. The second-order valence-corrected chi connectivity index (χ2v) is 8.55.